The number of nitrogens with one attached hydrogen (secondary N) is 2. The Morgan fingerprint density at radius 1 is 1.59 bits per heavy atom. The Labute approximate surface area is 116 Å². The van der Waals surface area contributed by atoms with Crippen LogP contribution in [-0.4, -0.2) is 25.7 Å². The van der Waals surface area contributed by atoms with E-state index in [1.165, 1.54) is 28.7 Å². The molecule has 2 rings (SSSR count). The monoisotopic (exact) mass is 316 g/mol. The first-order chi connectivity index (χ1) is 8.08. The molecule has 1 aliphatic rings. The van der Waals surface area contributed by atoms with Crippen LogP contribution in [0, 0.1) is 0 Å². The van der Waals surface area contributed by atoms with Gasteiger partial charge in [-0.25, -0.2) is 0 Å². The zero-order valence-corrected chi connectivity index (χ0v) is 13.0. The third-order valence-electron chi connectivity index (χ3n) is 3.36. The molecule has 96 valence electrons. The highest BCUT2D eigenvalue weighted by Gasteiger charge is 2.24. The number of piperidine rings is 1. The Bertz CT molecular complexity index is 356. The van der Waals surface area contributed by atoms with Crippen LogP contribution in [0.5, 0.6) is 0 Å². The average molecular weight is 317 g/mol. The van der Waals surface area contributed by atoms with Crippen LogP contribution in [0.1, 0.15) is 31.6 Å². The maximum absolute atomic E-state index is 3.70. The smallest absolute Gasteiger partial charge is 0.0285 e. The van der Waals surface area contributed by atoms with Crippen molar-refractivity contribution in [2.45, 2.75) is 38.1 Å². The highest BCUT2D eigenvalue weighted by molar-refractivity contribution is 9.10. The summed E-state index contributed by atoms with van der Waals surface area (Å²) in [6.45, 7) is 7.97. The molecule has 0 aliphatic carbocycles. The molecule has 1 aromatic rings. The maximum atomic E-state index is 3.70. The van der Waals surface area contributed by atoms with E-state index in [-0.39, 0.29) is 5.41 Å². The summed E-state index contributed by atoms with van der Waals surface area (Å²) >= 11 is 5.37. The third-order valence-corrected chi connectivity index (χ3v) is 5.42. The zero-order chi connectivity index (χ0) is 12.3. The van der Waals surface area contributed by atoms with Crippen molar-refractivity contribution in [1.29, 1.82) is 0 Å². The van der Waals surface area contributed by atoms with Crippen LogP contribution in [0.25, 0.3) is 0 Å². The molecule has 2 heterocycles. The van der Waals surface area contributed by atoms with Crippen molar-refractivity contribution in [1.82, 2.24) is 10.6 Å². The van der Waals surface area contributed by atoms with Gasteiger partial charge in [0.2, 0.25) is 0 Å². The van der Waals surface area contributed by atoms with Gasteiger partial charge in [-0.2, -0.15) is 0 Å². The number of hydrogen-bond acceptors (Lipinski definition) is 3. The molecule has 1 unspecified atom stereocenters. The van der Waals surface area contributed by atoms with E-state index in [4.69, 9.17) is 0 Å². The maximum Gasteiger partial charge on any atom is 0.0285 e. The molecular weight excluding hydrogens is 296 g/mol. The molecule has 0 bridgehead atoms. The molecule has 0 radical (unpaired) electrons. The first-order valence-corrected chi connectivity index (χ1v) is 7.94. The molecule has 0 saturated carbocycles. The fourth-order valence-corrected chi connectivity index (χ4v) is 3.74. The summed E-state index contributed by atoms with van der Waals surface area (Å²) in [5.41, 5.74) is 0.216. The molecular formula is C13H21BrN2S. The average Bonchev–Trinajstić information content (AvgIpc) is 2.76. The summed E-state index contributed by atoms with van der Waals surface area (Å²) < 4.78 is 1.20. The third kappa shape index (κ3) is 3.78. The molecule has 1 aliphatic heterocycles. The summed E-state index contributed by atoms with van der Waals surface area (Å²) in [6, 6.07) is 2.89. The van der Waals surface area contributed by atoms with E-state index in [1.807, 2.05) is 11.3 Å². The second-order valence-electron chi connectivity index (χ2n) is 5.44. The van der Waals surface area contributed by atoms with E-state index in [9.17, 15) is 0 Å². The van der Waals surface area contributed by atoms with Gasteiger partial charge in [-0.15, -0.1) is 11.3 Å². The first-order valence-electron chi connectivity index (χ1n) is 6.26. The Morgan fingerprint density at radius 3 is 3.00 bits per heavy atom. The fraction of sp³-hybridized carbons (Fsp3) is 0.692. The van der Waals surface area contributed by atoms with Crippen LogP contribution < -0.4 is 10.6 Å². The topological polar surface area (TPSA) is 24.1 Å². The quantitative estimate of drug-likeness (QED) is 0.891. The van der Waals surface area contributed by atoms with E-state index < -0.39 is 0 Å². The summed E-state index contributed by atoms with van der Waals surface area (Å²) in [5.74, 6) is 0. The number of hydrogen-bond donors (Lipinski definition) is 2. The van der Waals surface area contributed by atoms with Crippen molar-refractivity contribution in [2.24, 2.45) is 0 Å². The van der Waals surface area contributed by atoms with Crippen molar-refractivity contribution in [3.05, 3.63) is 20.8 Å². The van der Waals surface area contributed by atoms with Gasteiger partial charge in [0.1, 0.15) is 0 Å². The van der Waals surface area contributed by atoms with Crippen molar-refractivity contribution >= 4 is 27.3 Å². The van der Waals surface area contributed by atoms with Gasteiger partial charge >= 0.3 is 0 Å². The van der Waals surface area contributed by atoms with Crippen LogP contribution in [0.4, 0.5) is 0 Å². The SMILES string of the molecule is CC(C)(CNC1CCCNC1)c1cc(Br)cs1. The van der Waals surface area contributed by atoms with Crippen LogP contribution in [0.15, 0.2) is 15.9 Å². The summed E-state index contributed by atoms with van der Waals surface area (Å²) in [7, 11) is 0. The van der Waals surface area contributed by atoms with E-state index in [0.717, 1.165) is 13.1 Å². The molecule has 1 atom stereocenters. The van der Waals surface area contributed by atoms with Crippen LogP contribution in [0.3, 0.4) is 0 Å². The highest BCUT2D eigenvalue weighted by Crippen LogP contribution is 2.31. The number of rotatable bonds is 4. The minimum atomic E-state index is 0.216. The number of thiophene rings is 1. The molecule has 0 aromatic carbocycles. The first kappa shape index (κ1) is 13.5. The normalized spacial score (nSPS) is 21.7. The lowest BCUT2D eigenvalue weighted by molar-refractivity contribution is 0.356. The van der Waals surface area contributed by atoms with Gasteiger partial charge in [0.25, 0.3) is 0 Å². The molecule has 2 nitrogen and oxygen atoms in total. The Hall–Kier alpha value is 0.1000. The van der Waals surface area contributed by atoms with Crippen molar-refractivity contribution in [2.75, 3.05) is 19.6 Å². The van der Waals surface area contributed by atoms with E-state index in [2.05, 4.69) is 51.9 Å². The summed E-state index contributed by atoms with van der Waals surface area (Å²) in [5, 5.41) is 9.31. The molecule has 2 N–H and O–H groups in total. The van der Waals surface area contributed by atoms with Crippen LogP contribution >= 0.6 is 27.3 Å². The molecule has 1 aromatic heterocycles. The Morgan fingerprint density at radius 2 is 2.41 bits per heavy atom. The lowest BCUT2D eigenvalue weighted by Crippen LogP contribution is -2.46. The van der Waals surface area contributed by atoms with E-state index in [0.29, 0.717) is 6.04 Å². The minimum Gasteiger partial charge on any atom is -0.315 e. The molecule has 0 amide bonds. The van der Waals surface area contributed by atoms with Gasteiger partial charge in [0.15, 0.2) is 0 Å². The second-order valence-corrected chi connectivity index (χ2v) is 7.26. The highest BCUT2D eigenvalue weighted by atomic mass is 79.9. The zero-order valence-electron chi connectivity index (χ0n) is 10.6. The predicted molar refractivity (Wildman–Crippen MR) is 78.9 cm³/mol. The van der Waals surface area contributed by atoms with Crippen LogP contribution in [0.2, 0.25) is 0 Å². The summed E-state index contributed by atoms with van der Waals surface area (Å²) in [4.78, 5) is 1.45. The van der Waals surface area contributed by atoms with Gasteiger partial charge in [0, 0.05) is 39.3 Å². The standard InChI is InChI=1S/C13H21BrN2S/c1-13(2,12-6-10(14)8-17-12)9-16-11-4-3-5-15-7-11/h6,8,11,15-16H,3-5,7,9H2,1-2H3. The van der Waals surface area contributed by atoms with E-state index >= 15 is 0 Å². The lowest BCUT2D eigenvalue weighted by Gasteiger charge is -2.30. The van der Waals surface area contributed by atoms with E-state index in [1.54, 1.807) is 0 Å². The number of halogens is 1. The van der Waals surface area contributed by atoms with Gasteiger partial charge in [-0.1, -0.05) is 13.8 Å². The van der Waals surface area contributed by atoms with Crippen molar-refractivity contribution in [3.63, 3.8) is 0 Å². The molecule has 0 spiro atoms. The second kappa shape index (κ2) is 5.83. The van der Waals surface area contributed by atoms with Gasteiger partial charge in [0.05, 0.1) is 0 Å². The molecule has 4 heteroatoms. The lowest BCUT2D eigenvalue weighted by atomic mass is 9.91. The van der Waals surface area contributed by atoms with Crippen LogP contribution in [-0.2, 0) is 5.41 Å². The predicted octanol–water partition coefficient (Wildman–Crippen LogP) is 3.13. The molecule has 17 heavy (non-hydrogen) atoms. The van der Waals surface area contributed by atoms with Gasteiger partial charge < -0.3 is 10.6 Å². The van der Waals surface area contributed by atoms with Crippen molar-refractivity contribution < 1.29 is 0 Å². The van der Waals surface area contributed by atoms with Crippen molar-refractivity contribution in [3.8, 4) is 0 Å². The van der Waals surface area contributed by atoms with Gasteiger partial charge in [-0.3, -0.25) is 0 Å². The Balaban J connectivity index is 1.88. The summed E-state index contributed by atoms with van der Waals surface area (Å²) in [6.07, 6.45) is 2.60. The fourth-order valence-electron chi connectivity index (χ4n) is 2.18. The molecule has 1 saturated heterocycles. The minimum absolute atomic E-state index is 0.216. The largest absolute Gasteiger partial charge is 0.315 e. The molecule has 1 fully saturated rings. The Kier molecular flexibility index (Phi) is 4.64. The van der Waals surface area contributed by atoms with Gasteiger partial charge in [-0.05, 0) is 41.4 Å².